The van der Waals surface area contributed by atoms with Crippen LogP contribution in [0.25, 0.3) is 22.3 Å². The average molecular weight is 305 g/mol. The van der Waals surface area contributed by atoms with Crippen LogP contribution >= 0.6 is 0 Å². The zero-order chi connectivity index (χ0) is 16.2. The molecule has 114 valence electrons. The summed E-state index contributed by atoms with van der Waals surface area (Å²) < 4.78 is 5.49. The average Bonchev–Trinajstić information content (AvgIpc) is 2.61. The van der Waals surface area contributed by atoms with E-state index in [0.29, 0.717) is 16.9 Å². The van der Waals surface area contributed by atoms with E-state index in [4.69, 9.17) is 10.5 Å². The van der Waals surface area contributed by atoms with Crippen LogP contribution in [0.1, 0.15) is 10.4 Å². The molecule has 0 saturated heterocycles. The van der Waals surface area contributed by atoms with E-state index in [1.54, 1.807) is 31.6 Å². The molecule has 1 heterocycles. The first-order valence-corrected chi connectivity index (χ1v) is 7.04. The van der Waals surface area contributed by atoms with E-state index < -0.39 is 5.91 Å². The lowest BCUT2D eigenvalue weighted by atomic mass is 9.90. The van der Waals surface area contributed by atoms with E-state index in [2.05, 4.69) is 9.97 Å². The number of hydrogen-bond donors (Lipinski definition) is 1. The van der Waals surface area contributed by atoms with Gasteiger partial charge in [0.15, 0.2) is 0 Å². The Morgan fingerprint density at radius 1 is 0.957 bits per heavy atom. The minimum atomic E-state index is -0.496. The third-order valence-corrected chi connectivity index (χ3v) is 3.56. The van der Waals surface area contributed by atoms with Crippen molar-refractivity contribution in [1.29, 1.82) is 0 Å². The van der Waals surface area contributed by atoms with Gasteiger partial charge < -0.3 is 10.5 Å². The number of methoxy groups -OCH3 is 1. The van der Waals surface area contributed by atoms with Gasteiger partial charge in [0.25, 0.3) is 0 Å². The third-order valence-electron chi connectivity index (χ3n) is 3.56. The van der Waals surface area contributed by atoms with E-state index >= 15 is 0 Å². The van der Waals surface area contributed by atoms with Crippen LogP contribution in [0.15, 0.2) is 61.2 Å². The molecule has 1 aromatic heterocycles. The number of nitrogens with zero attached hydrogens (tertiary/aromatic N) is 2. The van der Waals surface area contributed by atoms with Crippen molar-refractivity contribution in [2.75, 3.05) is 7.11 Å². The molecule has 0 unspecified atom stereocenters. The van der Waals surface area contributed by atoms with E-state index in [1.165, 1.54) is 6.33 Å². The van der Waals surface area contributed by atoms with Gasteiger partial charge in [-0.25, -0.2) is 9.97 Å². The van der Waals surface area contributed by atoms with Gasteiger partial charge in [0.05, 0.1) is 7.11 Å². The highest BCUT2D eigenvalue weighted by atomic mass is 16.5. The Labute approximate surface area is 133 Å². The number of benzene rings is 2. The van der Waals surface area contributed by atoms with E-state index in [0.717, 1.165) is 16.7 Å². The number of carbonyl (C=O) groups excluding carboxylic acids is 1. The summed E-state index contributed by atoms with van der Waals surface area (Å²) in [5, 5.41) is 0. The Morgan fingerprint density at radius 2 is 1.65 bits per heavy atom. The Bertz CT molecular complexity index is 834. The third kappa shape index (κ3) is 2.76. The van der Waals surface area contributed by atoms with Gasteiger partial charge in [0.2, 0.25) is 5.91 Å². The molecule has 0 spiro atoms. The normalized spacial score (nSPS) is 10.3. The van der Waals surface area contributed by atoms with Crippen LogP contribution in [0.3, 0.4) is 0 Å². The van der Waals surface area contributed by atoms with Gasteiger partial charge in [0.1, 0.15) is 12.1 Å². The zero-order valence-corrected chi connectivity index (χ0v) is 12.6. The highest BCUT2D eigenvalue weighted by Gasteiger charge is 2.20. The van der Waals surface area contributed by atoms with Crippen LogP contribution in [0.5, 0.6) is 5.75 Å². The second-order valence-electron chi connectivity index (χ2n) is 4.92. The highest BCUT2D eigenvalue weighted by molar-refractivity contribution is 6.05. The number of ether oxygens (including phenoxy) is 1. The molecule has 0 saturated carbocycles. The first-order chi connectivity index (χ1) is 11.2. The zero-order valence-electron chi connectivity index (χ0n) is 12.6. The standard InChI is InChI=1S/C18H15N3O2/c1-23-15-8-7-14(18(19)22)16(12-5-3-2-4-6-12)17(15)13-9-20-11-21-10-13/h2-11H,1H3,(H2,19,22). The van der Waals surface area contributed by atoms with Crippen LogP contribution in [0.2, 0.25) is 0 Å². The van der Waals surface area contributed by atoms with Crippen molar-refractivity contribution in [3.05, 3.63) is 66.7 Å². The molecule has 0 aliphatic heterocycles. The SMILES string of the molecule is COc1ccc(C(N)=O)c(-c2ccccc2)c1-c1cncnc1. The second-order valence-corrected chi connectivity index (χ2v) is 4.92. The van der Waals surface area contributed by atoms with Crippen LogP contribution < -0.4 is 10.5 Å². The van der Waals surface area contributed by atoms with E-state index in [9.17, 15) is 4.79 Å². The van der Waals surface area contributed by atoms with Crippen molar-refractivity contribution in [1.82, 2.24) is 9.97 Å². The fourth-order valence-corrected chi connectivity index (χ4v) is 2.58. The molecule has 0 fully saturated rings. The quantitative estimate of drug-likeness (QED) is 0.804. The summed E-state index contributed by atoms with van der Waals surface area (Å²) in [6.07, 6.45) is 4.82. The van der Waals surface area contributed by atoms with Crippen molar-refractivity contribution in [3.63, 3.8) is 0 Å². The molecule has 1 amide bonds. The van der Waals surface area contributed by atoms with E-state index in [1.807, 2.05) is 30.3 Å². The van der Waals surface area contributed by atoms with Crippen molar-refractivity contribution in [2.24, 2.45) is 5.73 Å². The first kappa shape index (κ1) is 14.7. The van der Waals surface area contributed by atoms with Crippen LogP contribution in [-0.2, 0) is 0 Å². The first-order valence-electron chi connectivity index (χ1n) is 7.04. The summed E-state index contributed by atoms with van der Waals surface area (Å²) in [6.45, 7) is 0. The smallest absolute Gasteiger partial charge is 0.249 e. The van der Waals surface area contributed by atoms with Gasteiger partial charge in [0, 0.05) is 34.6 Å². The molecular weight excluding hydrogens is 290 g/mol. The molecule has 0 radical (unpaired) electrons. The lowest BCUT2D eigenvalue weighted by Crippen LogP contribution is -2.13. The fraction of sp³-hybridized carbons (Fsp3) is 0.0556. The number of rotatable bonds is 4. The lowest BCUT2D eigenvalue weighted by Gasteiger charge is -2.17. The molecule has 23 heavy (non-hydrogen) atoms. The Morgan fingerprint density at radius 3 is 2.26 bits per heavy atom. The highest BCUT2D eigenvalue weighted by Crippen LogP contribution is 2.40. The summed E-state index contributed by atoms with van der Waals surface area (Å²) >= 11 is 0. The predicted molar refractivity (Wildman–Crippen MR) is 88.0 cm³/mol. The maximum Gasteiger partial charge on any atom is 0.249 e. The fourth-order valence-electron chi connectivity index (χ4n) is 2.58. The number of carbonyl (C=O) groups is 1. The van der Waals surface area contributed by atoms with Gasteiger partial charge in [-0.2, -0.15) is 0 Å². The van der Waals surface area contributed by atoms with Crippen LogP contribution in [-0.4, -0.2) is 23.0 Å². The van der Waals surface area contributed by atoms with Crippen LogP contribution in [0, 0.1) is 0 Å². The summed E-state index contributed by atoms with van der Waals surface area (Å²) in [4.78, 5) is 20.1. The number of nitrogens with two attached hydrogens (primary N) is 1. The molecule has 2 aromatic carbocycles. The van der Waals surface area contributed by atoms with Crippen molar-refractivity contribution >= 4 is 5.91 Å². The Kier molecular flexibility index (Phi) is 4.01. The molecule has 0 atom stereocenters. The van der Waals surface area contributed by atoms with Gasteiger partial charge in [-0.3, -0.25) is 4.79 Å². The summed E-state index contributed by atoms with van der Waals surface area (Å²) in [5.41, 5.74) is 9.10. The van der Waals surface area contributed by atoms with Gasteiger partial charge in [-0.05, 0) is 17.7 Å². The molecule has 0 aliphatic rings. The monoisotopic (exact) mass is 305 g/mol. The maximum atomic E-state index is 11.9. The number of hydrogen-bond acceptors (Lipinski definition) is 4. The molecule has 5 nitrogen and oxygen atoms in total. The summed E-state index contributed by atoms with van der Waals surface area (Å²) in [7, 11) is 1.58. The molecular formula is C18H15N3O2. The molecule has 2 N–H and O–H groups in total. The van der Waals surface area contributed by atoms with Gasteiger partial charge in [-0.15, -0.1) is 0 Å². The minimum Gasteiger partial charge on any atom is -0.496 e. The summed E-state index contributed by atoms with van der Waals surface area (Å²) in [5.74, 6) is 0.133. The van der Waals surface area contributed by atoms with Gasteiger partial charge >= 0.3 is 0 Å². The number of amides is 1. The summed E-state index contributed by atoms with van der Waals surface area (Å²) in [6, 6.07) is 13.0. The predicted octanol–water partition coefficient (Wildman–Crippen LogP) is 2.92. The van der Waals surface area contributed by atoms with Crippen molar-refractivity contribution in [3.8, 4) is 28.0 Å². The topological polar surface area (TPSA) is 78.1 Å². The molecule has 3 aromatic rings. The van der Waals surface area contributed by atoms with Crippen LogP contribution in [0.4, 0.5) is 0 Å². The second kappa shape index (κ2) is 6.27. The lowest BCUT2D eigenvalue weighted by molar-refractivity contribution is 0.100. The largest absolute Gasteiger partial charge is 0.496 e. The minimum absolute atomic E-state index is 0.427. The molecule has 5 heteroatoms. The maximum absolute atomic E-state index is 11.9. The number of aromatic nitrogens is 2. The Hall–Kier alpha value is -3.21. The van der Waals surface area contributed by atoms with Crippen molar-refractivity contribution < 1.29 is 9.53 Å². The van der Waals surface area contributed by atoms with Crippen molar-refractivity contribution in [2.45, 2.75) is 0 Å². The van der Waals surface area contributed by atoms with Gasteiger partial charge in [-0.1, -0.05) is 30.3 Å². The molecule has 0 bridgehead atoms. The molecule has 0 aliphatic carbocycles. The molecule has 3 rings (SSSR count). The van der Waals surface area contributed by atoms with E-state index in [-0.39, 0.29) is 0 Å². The Balaban J connectivity index is 2.40. The number of primary amides is 1.